The van der Waals surface area contributed by atoms with Crippen LogP contribution in [0.25, 0.3) is 0 Å². The van der Waals surface area contributed by atoms with Gasteiger partial charge in [0.15, 0.2) is 0 Å². The Balaban J connectivity index is 1.74. The third-order valence-corrected chi connectivity index (χ3v) is 6.46. The number of nitrogens with one attached hydrogen (secondary N) is 1. The van der Waals surface area contributed by atoms with Crippen LogP contribution in [-0.2, 0) is 16.4 Å². The molecule has 0 saturated carbocycles. The smallest absolute Gasteiger partial charge is 0.293 e. The molecule has 27 heavy (non-hydrogen) atoms. The maximum Gasteiger partial charge on any atom is 0.293 e. The highest BCUT2D eigenvalue weighted by Gasteiger charge is 2.27. The summed E-state index contributed by atoms with van der Waals surface area (Å²) in [5, 5.41) is 11.5. The maximum atomic E-state index is 11.9. The van der Waals surface area contributed by atoms with Crippen LogP contribution in [0.2, 0.25) is 0 Å². The molecule has 2 aromatic rings. The quantitative estimate of drug-likeness (QED) is 0.606. The van der Waals surface area contributed by atoms with Crippen LogP contribution in [0.1, 0.15) is 18.4 Å². The largest absolute Gasteiger partial charge is 0.366 e. The maximum absolute atomic E-state index is 11.9. The van der Waals surface area contributed by atoms with Crippen LogP contribution in [0, 0.1) is 16.0 Å². The van der Waals surface area contributed by atoms with Gasteiger partial charge in [-0.2, -0.15) is 0 Å². The third kappa shape index (κ3) is 4.45. The van der Waals surface area contributed by atoms with Crippen molar-refractivity contribution in [1.29, 1.82) is 0 Å². The molecule has 1 fully saturated rings. The number of rotatable bonds is 6. The summed E-state index contributed by atoms with van der Waals surface area (Å²) in [7, 11) is -2.43. The van der Waals surface area contributed by atoms with Crippen molar-refractivity contribution < 1.29 is 13.3 Å². The van der Waals surface area contributed by atoms with Crippen molar-refractivity contribution in [3.05, 3.63) is 64.2 Å². The Labute approximate surface area is 159 Å². The average molecular weight is 389 g/mol. The van der Waals surface area contributed by atoms with Crippen molar-refractivity contribution in [1.82, 2.24) is 4.72 Å². The van der Waals surface area contributed by atoms with E-state index in [1.54, 1.807) is 6.07 Å². The van der Waals surface area contributed by atoms with Gasteiger partial charge in [0.05, 0.1) is 9.82 Å². The zero-order valence-electron chi connectivity index (χ0n) is 15.2. The fraction of sp³-hybridized carbons (Fsp3) is 0.368. The lowest BCUT2D eigenvalue weighted by Crippen LogP contribution is -2.34. The normalized spacial score (nSPS) is 15.7. The molecule has 1 saturated heterocycles. The van der Waals surface area contributed by atoms with Gasteiger partial charge in [-0.25, -0.2) is 13.1 Å². The molecule has 1 aliphatic heterocycles. The Bertz CT molecular complexity index is 908. The first-order chi connectivity index (χ1) is 12.9. The van der Waals surface area contributed by atoms with Crippen LogP contribution in [-0.4, -0.2) is 33.5 Å². The second-order valence-electron chi connectivity index (χ2n) is 6.74. The van der Waals surface area contributed by atoms with E-state index in [0.717, 1.165) is 38.4 Å². The molecule has 8 heteroatoms. The zero-order valence-corrected chi connectivity index (χ0v) is 16.0. The molecule has 2 aromatic carbocycles. The van der Waals surface area contributed by atoms with Gasteiger partial charge in [0, 0.05) is 19.2 Å². The van der Waals surface area contributed by atoms with Crippen molar-refractivity contribution in [3.8, 4) is 0 Å². The summed E-state index contributed by atoms with van der Waals surface area (Å²) in [6.45, 7) is 1.44. The predicted molar refractivity (Wildman–Crippen MR) is 104 cm³/mol. The lowest BCUT2D eigenvalue weighted by atomic mass is 9.90. The fourth-order valence-electron chi connectivity index (χ4n) is 3.53. The number of nitro benzene ring substituents is 1. The lowest BCUT2D eigenvalue weighted by Gasteiger charge is -2.33. The molecular formula is C19H23N3O4S. The highest BCUT2D eigenvalue weighted by atomic mass is 32.2. The van der Waals surface area contributed by atoms with Crippen LogP contribution in [0.5, 0.6) is 0 Å². The van der Waals surface area contributed by atoms with Gasteiger partial charge in [0.1, 0.15) is 5.69 Å². The first kappa shape index (κ1) is 19.3. The fourth-order valence-corrected chi connectivity index (χ4v) is 4.28. The Hall–Kier alpha value is -2.45. The molecular weight excluding hydrogens is 366 g/mol. The van der Waals surface area contributed by atoms with Crippen LogP contribution in [0.4, 0.5) is 11.4 Å². The molecule has 0 aromatic heterocycles. The number of hydrogen-bond donors (Lipinski definition) is 1. The number of piperidine rings is 1. The van der Waals surface area contributed by atoms with Crippen molar-refractivity contribution in [2.45, 2.75) is 24.2 Å². The molecule has 0 unspecified atom stereocenters. The van der Waals surface area contributed by atoms with Crippen LogP contribution in [0.15, 0.2) is 53.4 Å². The number of sulfonamides is 1. The van der Waals surface area contributed by atoms with Gasteiger partial charge in [-0.3, -0.25) is 10.1 Å². The van der Waals surface area contributed by atoms with Gasteiger partial charge in [-0.1, -0.05) is 30.3 Å². The molecule has 7 nitrogen and oxygen atoms in total. The van der Waals surface area contributed by atoms with Gasteiger partial charge in [-0.05, 0) is 49.9 Å². The zero-order chi connectivity index (χ0) is 19.4. The van der Waals surface area contributed by atoms with Gasteiger partial charge in [0.2, 0.25) is 10.0 Å². The van der Waals surface area contributed by atoms with E-state index in [2.05, 4.69) is 16.9 Å². The minimum atomic E-state index is -3.72. The third-order valence-electron chi connectivity index (χ3n) is 5.05. The molecule has 1 heterocycles. The van der Waals surface area contributed by atoms with E-state index in [1.165, 1.54) is 18.7 Å². The van der Waals surface area contributed by atoms with E-state index >= 15 is 0 Å². The van der Waals surface area contributed by atoms with Gasteiger partial charge in [-0.15, -0.1) is 0 Å². The summed E-state index contributed by atoms with van der Waals surface area (Å²) in [6, 6.07) is 14.4. The Morgan fingerprint density at radius 3 is 2.41 bits per heavy atom. The number of benzene rings is 2. The Kier molecular flexibility index (Phi) is 5.76. The molecule has 144 valence electrons. The highest BCUT2D eigenvalue weighted by Crippen LogP contribution is 2.34. The lowest BCUT2D eigenvalue weighted by molar-refractivity contribution is -0.384. The summed E-state index contributed by atoms with van der Waals surface area (Å²) in [6.07, 6.45) is 2.90. The van der Waals surface area contributed by atoms with Gasteiger partial charge in [0.25, 0.3) is 5.69 Å². The molecule has 1 aliphatic rings. The van der Waals surface area contributed by atoms with E-state index in [-0.39, 0.29) is 10.6 Å². The average Bonchev–Trinajstić information content (AvgIpc) is 2.69. The summed E-state index contributed by atoms with van der Waals surface area (Å²) in [5.74, 6) is 0.548. The minimum absolute atomic E-state index is 0.0978. The molecule has 0 spiro atoms. The SMILES string of the molecule is CNS(=O)(=O)c1ccc(N2CCC(Cc3ccccc3)CC2)c([N+](=O)[O-])c1. The highest BCUT2D eigenvalue weighted by molar-refractivity contribution is 7.89. The second-order valence-corrected chi connectivity index (χ2v) is 8.62. The molecule has 1 N–H and O–H groups in total. The first-order valence-electron chi connectivity index (χ1n) is 8.91. The van der Waals surface area contributed by atoms with E-state index in [4.69, 9.17) is 0 Å². The van der Waals surface area contributed by atoms with Gasteiger partial charge < -0.3 is 4.90 Å². The molecule has 0 radical (unpaired) electrons. The summed E-state index contributed by atoms with van der Waals surface area (Å²) >= 11 is 0. The molecule has 0 aliphatic carbocycles. The Morgan fingerprint density at radius 1 is 1.15 bits per heavy atom. The number of nitro groups is 1. The van der Waals surface area contributed by atoms with Crippen LogP contribution in [0.3, 0.4) is 0 Å². The minimum Gasteiger partial charge on any atom is -0.366 e. The van der Waals surface area contributed by atoms with E-state index in [0.29, 0.717) is 11.6 Å². The van der Waals surface area contributed by atoms with Crippen molar-refractivity contribution in [2.75, 3.05) is 25.0 Å². The summed E-state index contributed by atoms with van der Waals surface area (Å²) in [4.78, 5) is 12.9. The molecule has 3 rings (SSSR count). The number of nitrogens with zero attached hydrogens (tertiary/aromatic N) is 2. The second kappa shape index (κ2) is 8.06. The molecule has 0 amide bonds. The van der Waals surface area contributed by atoms with Crippen LogP contribution < -0.4 is 9.62 Å². The monoisotopic (exact) mass is 389 g/mol. The summed E-state index contributed by atoms with van der Waals surface area (Å²) in [5.41, 5.74) is 1.62. The number of hydrogen-bond acceptors (Lipinski definition) is 5. The molecule has 0 bridgehead atoms. The topological polar surface area (TPSA) is 92.6 Å². The first-order valence-corrected chi connectivity index (χ1v) is 10.4. The van der Waals surface area contributed by atoms with Crippen LogP contribution >= 0.6 is 0 Å². The standard InChI is InChI=1S/C19H23N3O4S/c1-20-27(25,26)17-7-8-18(19(14-17)22(23)24)21-11-9-16(10-12-21)13-15-5-3-2-4-6-15/h2-8,14,16,20H,9-13H2,1H3. The molecule has 0 atom stereocenters. The van der Waals surface area contributed by atoms with Crippen molar-refractivity contribution >= 4 is 21.4 Å². The Morgan fingerprint density at radius 2 is 1.81 bits per heavy atom. The van der Waals surface area contributed by atoms with E-state index < -0.39 is 14.9 Å². The summed E-state index contributed by atoms with van der Waals surface area (Å²) < 4.78 is 26.1. The predicted octanol–water partition coefficient (Wildman–Crippen LogP) is 2.96. The van der Waals surface area contributed by atoms with E-state index in [1.807, 2.05) is 23.1 Å². The van der Waals surface area contributed by atoms with Gasteiger partial charge >= 0.3 is 0 Å². The van der Waals surface area contributed by atoms with E-state index in [9.17, 15) is 18.5 Å². The number of anilines is 1. The van der Waals surface area contributed by atoms with Crippen molar-refractivity contribution in [2.24, 2.45) is 5.92 Å². The van der Waals surface area contributed by atoms with Crippen molar-refractivity contribution in [3.63, 3.8) is 0 Å².